The Balaban J connectivity index is 0. The fourth-order valence-corrected chi connectivity index (χ4v) is 12.0. The highest BCUT2D eigenvalue weighted by atomic mass is 16.2. The molecule has 2 unspecified atom stereocenters. The van der Waals surface area contributed by atoms with Crippen LogP contribution >= 0.6 is 0 Å². The van der Waals surface area contributed by atoms with Crippen molar-refractivity contribution in [2.75, 3.05) is 4.90 Å². The van der Waals surface area contributed by atoms with Crippen LogP contribution in [0.2, 0.25) is 0 Å². The summed E-state index contributed by atoms with van der Waals surface area (Å²) in [6.07, 6.45) is 12.0. The van der Waals surface area contributed by atoms with Crippen molar-refractivity contribution in [3.8, 4) is 69.6 Å². The van der Waals surface area contributed by atoms with Crippen LogP contribution in [-0.2, 0) is 25.7 Å². The molecular formula is C107H149NO2. The molecule has 0 N–H and O–H groups in total. The summed E-state index contributed by atoms with van der Waals surface area (Å²) < 4.78 is 0. The van der Waals surface area contributed by atoms with Crippen LogP contribution in [0.5, 0.6) is 0 Å². The zero-order valence-corrected chi connectivity index (χ0v) is 74.9. The molecule has 0 fully saturated rings. The van der Waals surface area contributed by atoms with Gasteiger partial charge in [-0.1, -0.05) is 388 Å². The smallest absolute Gasteiger partial charge is 0.259 e. The summed E-state index contributed by atoms with van der Waals surface area (Å²) in [7, 11) is 0. The summed E-state index contributed by atoms with van der Waals surface area (Å²) in [4.78, 5) is 27.0. The molecular weight excluding hydrogens is 1330 g/mol. The maximum absolute atomic E-state index is 12.9. The van der Waals surface area contributed by atoms with Crippen molar-refractivity contribution < 1.29 is 4.79 Å². The molecule has 0 aromatic heterocycles. The fraction of sp³-hybridized carbons (Fsp3) is 0.439. The van der Waals surface area contributed by atoms with Gasteiger partial charge in [-0.3, -0.25) is 9.59 Å². The first-order valence-electron chi connectivity index (χ1n) is 42.8. The zero-order valence-electron chi connectivity index (χ0n) is 74.9. The maximum Gasteiger partial charge on any atom is 0.259 e. The van der Waals surface area contributed by atoms with E-state index < -0.39 is 0 Å². The Kier molecular flexibility index (Phi) is 58.6. The molecule has 0 spiro atoms. The van der Waals surface area contributed by atoms with Gasteiger partial charge in [-0.25, -0.2) is 0 Å². The number of rotatable bonds is 3. The van der Waals surface area contributed by atoms with E-state index in [2.05, 4.69) is 250 Å². The quantitative estimate of drug-likeness (QED) is 0.165. The number of amides is 1. The minimum atomic E-state index is 0.0112. The minimum absolute atomic E-state index is 0.0112. The molecule has 4 aliphatic carbocycles. The number of hydrogen-bond acceptors (Lipinski definition) is 2. The Labute approximate surface area is 676 Å². The Morgan fingerprint density at radius 3 is 1.05 bits per heavy atom. The topological polar surface area (TPSA) is 37.4 Å². The number of carbonyl (C=O) groups excluding carboxylic acids is 1. The summed E-state index contributed by atoms with van der Waals surface area (Å²) in [5.74, 6) is 29.7. The van der Waals surface area contributed by atoms with Gasteiger partial charge >= 0.3 is 0 Å². The van der Waals surface area contributed by atoms with Crippen LogP contribution in [0.3, 0.4) is 0 Å². The van der Waals surface area contributed by atoms with Gasteiger partial charge in [-0.15, -0.1) is 11.8 Å². The van der Waals surface area contributed by atoms with Crippen LogP contribution in [0.15, 0.2) is 199 Å². The van der Waals surface area contributed by atoms with E-state index in [0.29, 0.717) is 29.2 Å². The number of fused-ring (bicyclic) bond motifs is 11. The fourth-order valence-electron chi connectivity index (χ4n) is 12.0. The van der Waals surface area contributed by atoms with Crippen LogP contribution in [0.1, 0.15) is 335 Å². The molecule has 9 aromatic rings. The zero-order chi connectivity index (χ0) is 83.5. The lowest BCUT2D eigenvalue weighted by atomic mass is 9.78. The first-order chi connectivity index (χ1) is 53.5. The molecule has 14 rings (SSSR count). The van der Waals surface area contributed by atoms with Gasteiger partial charge in [-0.05, 0) is 181 Å². The molecule has 3 heteroatoms. The number of carbonyl (C=O) groups is 1. The lowest BCUT2D eigenvalue weighted by molar-refractivity contribution is 0.0979. The first-order valence-corrected chi connectivity index (χ1v) is 42.8. The Hall–Kier alpha value is -9.12. The predicted octanol–water partition coefficient (Wildman–Crippen LogP) is 30.5. The lowest BCUT2D eigenvalue weighted by Gasteiger charge is -2.29. The van der Waals surface area contributed by atoms with Gasteiger partial charge in [-0.2, -0.15) is 0 Å². The highest BCUT2D eigenvalue weighted by Gasteiger charge is 2.34. The normalized spacial score (nSPS) is 12.9. The van der Waals surface area contributed by atoms with Gasteiger partial charge in [0.05, 0.1) is 11.3 Å². The number of benzene rings is 8. The number of aryl methyl sites for hydroxylation is 2. The molecule has 0 bridgehead atoms. The minimum Gasteiger partial charge on any atom is -0.305 e. The molecule has 9 aromatic carbocycles. The third-order valence-corrected chi connectivity index (χ3v) is 16.7. The maximum atomic E-state index is 12.9. The van der Waals surface area contributed by atoms with Gasteiger partial charge < -0.3 is 4.90 Å². The summed E-state index contributed by atoms with van der Waals surface area (Å²) in [6, 6.07) is 66.2. The van der Waals surface area contributed by atoms with E-state index in [9.17, 15) is 9.59 Å². The third kappa shape index (κ3) is 34.8. The number of para-hydroxylation sites is 1. The average Bonchev–Trinajstić information content (AvgIpc) is 1.56. The molecule has 110 heavy (non-hydrogen) atoms. The number of hydrogen-bond donors (Lipinski definition) is 0. The predicted molar refractivity (Wildman–Crippen MR) is 493 cm³/mol. The number of nitrogens with zero attached hydrogens (tertiary/aromatic N) is 1. The van der Waals surface area contributed by atoms with Crippen molar-refractivity contribution in [3.05, 3.63) is 277 Å². The molecule has 3 nitrogen and oxygen atoms in total. The van der Waals surface area contributed by atoms with E-state index in [-0.39, 0.29) is 17.4 Å². The monoisotopic (exact) mass is 1480 g/mol. The van der Waals surface area contributed by atoms with Gasteiger partial charge in [0.2, 0.25) is 0 Å². The molecule has 0 saturated carbocycles. The molecule has 1 heterocycles. The largest absolute Gasteiger partial charge is 0.305 e. The highest BCUT2D eigenvalue weighted by Crippen LogP contribution is 2.46. The van der Waals surface area contributed by atoms with E-state index >= 15 is 0 Å². The van der Waals surface area contributed by atoms with Crippen molar-refractivity contribution in [2.45, 2.75) is 290 Å². The molecule has 2 atom stereocenters. The summed E-state index contributed by atoms with van der Waals surface area (Å²) in [5.41, 5.74) is 20.6. The van der Waals surface area contributed by atoms with Gasteiger partial charge in [0, 0.05) is 63.4 Å². The van der Waals surface area contributed by atoms with Crippen LogP contribution < -0.4 is 10.3 Å². The number of anilines is 1. The summed E-state index contributed by atoms with van der Waals surface area (Å²) in [6.45, 7) is 62.2. The van der Waals surface area contributed by atoms with Crippen LogP contribution in [-0.4, -0.2) is 11.9 Å². The molecule has 0 saturated heterocycles. The van der Waals surface area contributed by atoms with E-state index in [0.717, 1.165) is 89.4 Å². The van der Waals surface area contributed by atoms with E-state index in [1.807, 2.05) is 204 Å². The second-order valence-corrected chi connectivity index (χ2v) is 26.8. The van der Waals surface area contributed by atoms with Crippen molar-refractivity contribution in [2.24, 2.45) is 23.7 Å². The van der Waals surface area contributed by atoms with Crippen molar-refractivity contribution in [3.63, 3.8) is 0 Å². The lowest BCUT2D eigenvalue weighted by Crippen LogP contribution is -2.38. The Bertz CT molecular complexity index is 4110. The second-order valence-electron chi connectivity index (χ2n) is 26.8. The molecule has 5 aliphatic rings. The van der Waals surface area contributed by atoms with Gasteiger partial charge in [0.25, 0.3) is 5.91 Å². The van der Waals surface area contributed by atoms with Gasteiger partial charge in [0.15, 0.2) is 5.43 Å². The van der Waals surface area contributed by atoms with Crippen LogP contribution in [0, 0.1) is 71.0 Å². The second kappa shape index (κ2) is 62.6. The SMILES string of the molecule is C1#CCCCCCC1.C1#Cc2ccccc2CCc2ccccc21.CC.CC.CC.CC.CC.CC.CC.CC.CC.CC(C)C.CC(C)C.CC(C)C1Cc2ccccc2-c2c(c2=O)-c2ccccc21.CC(C)C1Cc2ccccc2C#Cc2ccccc21.CC(C)N1C(=O)c2ccccc2C#Cc2ccccc21. The molecule has 1 aliphatic heterocycles. The van der Waals surface area contributed by atoms with E-state index in [1.54, 1.807) is 0 Å². The van der Waals surface area contributed by atoms with E-state index in [4.69, 9.17) is 0 Å². The molecule has 1 amide bonds. The van der Waals surface area contributed by atoms with Crippen LogP contribution in [0.4, 0.5) is 5.69 Å². The van der Waals surface area contributed by atoms with E-state index in [1.165, 1.54) is 81.3 Å². The standard InChI is InChI=1S/C20H18O.C19H18.C18H15NO.C16H12.C8H12.2C4H10.9C2H6/c1-12(2)17-11-13-7-3-4-8-14(13)18-19(20(18)21)16-10-6-5-9-15(16)17;1-14(2)19-13-17-9-4-3-7-15(17)11-12-16-8-5-6-10-18(16)19;1-13(2)19-17-10-6-4-8-15(17)12-11-14-7-3-5-9-16(14)18(19)20;1-2-6-14-11-12-16-8-4-3-7-15(16)10-9-13(14)5-1;1-2-4-6-8-7-5-3-1;2*1-4(2)3;9*1-2/h3-10,12,17H,11H2,1-2H3;3-10,14,19H,13H2,1-2H3;3-10,13H,1-2H3;1-8H,9-10H2;1-6H2;2*4H,1-3H3;9*1-2H3. The van der Waals surface area contributed by atoms with Crippen molar-refractivity contribution >= 4 is 11.6 Å². The van der Waals surface area contributed by atoms with Crippen molar-refractivity contribution in [1.82, 2.24) is 0 Å². The van der Waals surface area contributed by atoms with Crippen molar-refractivity contribution in [1.29, 1.82) is 0 Å². The third-order valence-electron chi connectivity index (χ3n) is 16.7. The first kappa shape index (κ1) is 103. The summed E-state index contributed by atoms with van der Waals surface area (Å²) >= 11 is 0. The average molecular weight is 1480 g/mol. The van der Waals surface area contributed by atoms with Gasteiger partial charge in [0.1, 0.15) is 0 Å². The summed E-state index contributed by atoms with van der Waals surface area (Å²) in [5, 5.41) is 0. The Morgan fingerprint density at radius 1 is 0.300 bits per heavy atom. The molecule has 594 valence electrons. The molecule has 0 radical (unpaired) electrons. The highest BCUT2D eigenvalue weighted by molar-refractivity contribution is 6.09. The van der Waals surface area contributed by atoms with Crippen LogP contribution in [0.25, 0.3) is 22.3 Å². The Morgan fingerprint density at radius 2 is 0.600 bits per heavy atom.